The quantitative estimate of drug-likeness (QED) is 0.768. The van der Waals surface area contributed by atoms with E-state index in [1.54, 1.807) is 16.4 Å². The number of anilines is 1. The van der Waals surface area contributed by atoms with E-state index < -0.39 is 10.0 Å². The molecule has 124 valence electrons. The Bertz CT molecular complexity index is 794. The van der Waals surface area contributed by atoms with Gasteiger partial charge in [0.2, 0.25) is 0 Å². The fraction of sp³-hybridized carbons (Fsp3) is 0.429. The Morgan fingerprint density at radius 2 is 1.83 bits per heavy atom. The van der Waals surface area contributed by atoms with Crippen LogP contribution in [-0.4, -0.2) is 48.9 Å². The van der Waals surface area contributed by atoms with Gasteiger partial charge < -0.3 is 4.90 Å². The lowest BCUT2D eigenvalue weighted by Crippen LogP contribution is -2.48. The molecule has 2 aromatic rings. The normalized spacial score (nSPS) is 16.7. The van der Waals surface area contributed by atoms with Gasteiger partial charge in [-0.2, -0.15) is 4.31 Å². The van der Waals surface area contributed by atoms with Gasteiger partial charge in [-0.3, -0.25) is 0 Å². The molecule has 3 rings (SSSR count). The highest BCUT2D eigenvalue weighted by atomic mass is 79.9. The summed E-state index contributed by atoms with van der Waals surface area (Å²) in [7, 11) is -3.40. The second-order valence-electron chi connectivity index (χ2n) is 5.36. The average Bonchev–Trinajstić information content (AvgIpc) is 2.94. The van der Waals surface area contributed by atoms with E-state index in [-0.39, 0.29) is 0 Å². The number of hydrogen-bond donors (Lipinski definition) is 0. The van der Waals surface area contributed by atoms with Gasteiger partial charge in [-0.1, -0.05) is 0 Å². The van der Waals surface area contributed by atoms with E-state index >= 15 is 0 Å². The van der Waals surface area contributed by atoms with Crippen molar-refractivity contribution in [2.24, 2.45) is 0 Å². The number of thiophene rings is 1. The second-order valence-corrected chi connectivity index (χ2v) is 9.99. The van der Waals surface area contributed by atoms with Crippen LogP contribution >= 0.6 is 27.3 Å². The van der Waals surface area contributed by atoms with Gasteiger partial charge in [-0.05, 0) is 41.9 Å². The van der Waals surface area contributed by atoms with Gasteiger partial charge in [-0.25, -0.2) is 18.4 Å². The molecule has 0 atom stereocenters. The first kappa shape index (κ1) is 16.8. The van der Waals surface area contributed by atoms with E-state index in [9.17, 15) is 8.42 Å². The van der Waals surface area contributed by atoms with E-state index in [0.717, 1.165) is 21.1 Å². The molecule has 0 saturated carbocycles. The Morgan fingerprint density at radius 3 is 2.39 bits per heavy atom. The summed E-state index contributed by atoms with van der Waals surface area (Å²) in [6, 6.07) is 5.35. The Balaban J connectivity index is 1.73. The van der Waals surface area contributed by atoms with Crippen molar-refractivity contribution in [3.63, 3.8) is 0 Å². The lowest BCUT2D eigenvalue weighted by atomic mass is 10.3. The largest absolute Gasteiger partial charge is 0.354 e. The molecule has 2 aromatic heterocycles. The number of aromatic nitrogens is 2. The standard InChI is InChI=1S/C14H17BrN4O2S2/c1-10-9-13(17-11(2)16-10)18-5-7-19(8-6-18)23(20,21)14-4-3-12(15)22-14/h3-4,9H,5-8H2,1-2H3. The minimum atomic E-state index is -3.40. The molecule has 0 spiro atoms. The lowest BCUT2D eigenvalue weighted by Gasteiger charge is -2.34. The molecule has 0 N–H and O–H groups in total. The fourth-order valence-corrected chi connectivity index (χ4v) is 6.17. The predicted molar refractivity (Wildman–Crippen MR) is 94.5 cm³/mol. The second kappa shape index (κ2) is 6.46. The smallest absolute Gasteiger partial charge is 0.252 e. The first-order valence-electron chi connectivity index (χ1n) is 7.19. The number of halogens is 1. The van der Waals surface area contributed by atoms with Crippen molar-refractivity contribution in [3.8, 4) is 0 Å². The molecule has 6 nitrogen and oxygen atoms in total. The third-order valence-electron chi connectivity index (χ3n) is 3.66. The molecular weight excluding hydrogens is 400 g/mol. The number of nitrogens with zero attached hydrogens (tertiary/aromatic N) is 4. The van der Waals surface area contributed by atoms with Crippen LogP contribution in [0.4, 0.5) is 5.82 Å². The molecule has 1 aliphatic rings. The molecule has 1 fully saturated rings. The van der Waals surface area contributed by atoms with Crippen LogP contribution in [0, 0.1) is 13.8 Å². The molecule has 0 unspecified atom stereocenters. The highest BCUT2D eigenvalue weighted by Crippen LogP contribution is 2.29. The van der Waals surface area contributed by atoms with Gasteiger partial charge >= 0.3 is 0 Å². The van der Waals surface area contributed by atoms with E-state index in [2.05, 4.69) is 30.8 Å². The van der Waals surface area contributed by atoms with Crippen molar-refractivity contribution in [1.82, 2.24) is 14.3 Å². The summed E-state index contributed by atoms with van der Waals surface area (Å²) in [5, 5.41) is 0. The van der Waals surface area contributed by atoms with Crippen molar-refractivity contribution in [2.45, 2.75) is 18.1 Å². The summed E-state index contributed by atoms with van der Waals surface area (Å²) < 4.78 is 28.0. The molecule has 0 aliphatic carbocycles. The molecule has 0 bridgehead atoms. The van der Waals surface area contributed by atoms with Crippen LogP contribution < -0.4 is 4.90 Å². The first-order valence-corrected chi connectivity index (χ1v) is 10.2. The third-order valence-corrected chi connectivity index (χ3v) is 7.65. The van der Waals surface area contributed by atoms with Crippen molar-refractivity contribution >= 4 is 43.1 Å². The number of piperazine rings is 1. The Morgan fingerprint density at radius 1 is 1.13 bits per heavy atom. The lowest BCUT2D eigenvalue weighted by molar-refractivity contribution is 0.384. The fourth-order valence-electron chi connectivity index (χ4n) is 2.58. The SMILES string of the molecule is Cc1cc(N2CCN(S(=O)(=O)c3ccc(Br)s3)CC2)nc(C)n1. The molecule has 3 heterocycles. The maximum absolute atomic E-state index is 12.6. The van der Waals surface area contributed by atoms with Crippen LogP contribution in [0.2, 0.25) is 0 Å². The zero-order chi connectivity index (χ0) is 16.6. The van der Waals surface area contributed by atoms with Crippen LogP contribution in [0.3, 0.4) is 0 Å². The van der Waals surface area contributed by atoms with Crippen LogP contribution in [-0.2, 0) is 10.0 Å². The molecule has 1 aliphatic heterocycles. The van der Waals surface area contributed by atoms with Gasteiger partial charge in [-0.15, -0.1) is 11.3 Å². The molecule has 0 radical (unpaired) electrons. The minimum Gasteiger partial charge on any atom is -0.354 e. The summed E-state index contributed by atoms with van der Waals surface area (Å²) in [5.74, 6) is 1.60. The highest BCUT2D eigenvalue weighted by Gasteiger charge is 2.30. The molecular formula is C14H17BrN4O2S2. The average molecular weight is 417 g/mol. The van der Waals surface area contributed by atoms with E-state index in [4.69, 9.17) is 0 Å². The van der Waals surface area contributed by atoms with Crippen molar-refractivity contribution in [2.75, 3.05) is 31.1 Å². The molecule has 23 heavy (non-hydrogen) atoms. The van der Waals surface area contributed by atoms with Crippen LogP contribution in [0.5, 0.6) is 0 Å². The number of hydrogen-bond acceptors (Lipinski definition) is 6. The molecule has 9 heteroatoms. The monoisotopic (exact) mass is 416 g/mol. The maximum atomic E-state index is 12.6. The summed E-state index contributed by atoms with van der Waals surface area (Å²) in [6.07, 6.45) is 0. The van der Waals surface area contributed by atoms with Crippen molar-refractivity contribution in [1.29, 1.82) is 0 Å². The van der Waals surface area contributed by atoms with Gasteiger partial charge in [0.05, 0.1) is 3.79 Å². The first-order chi connectivity index (χ1) is 10.9. The number of aryl methyl sites for hydroxylation is 2. The Kier molecular flexibility index (Phi) is 4.73. The topological polar surface area (TPSA) is 66.4 Å². The van der Waals surface area contributed by atoms with Crippen molar-refractivity contribution in [3.05, 3.63) is 33.5 Å². The summed E-state index contributed by atoms with van der Waals surface area (Å²) in [5.41, 5.74) is 0.922. The van der Waals surface area contributed by atoms with Crippen LogP contribution in [0.15, 0.2) is 26.2 Å². The molecule has 1 saturated heterocycles. The number of rotatable bonds is 3. The van der Waals surface area contributed by atoms with Gasteiger partial charge in [0.1, 0.15) is 15.9 Å². The zero-order valence-electron chi connectivity index (χ0n) is 12.9. The number of sulfonamides is 1. The summed E-state index contributed by atoms with van der Waals surface area (Å²) in [4.78, 5) is 10.8. The summed E-state index contributed by atoms with van der Waals surface area (Å²) >= 11 is 4.56. The van der Waals surface area contributed by atoms with Crippen LogP contribution in [0.1, 0.15) is 11.5 Å². The van der Waals surface area contributed by atoms with Gasteiger partial charge in [0.25, 0.3) is 10.0 Å². The molecule has 0 aromatic carbocycles. The highest BCUT2D eigenvalue weighted by molar-refractivity contribution is 9.11. The Labute approximate surface area is 148 Å². The van der Waals surface area contributed by atoms with Crippen molar-refractivity contribution < 1.29 is 8.42 Å². The van der Waals surface area contributed by atoms with Gasteiger partial charge in [0, 0.05) is 37.9 Å². The van der Waals surface area contributed by atoms with E-state index in [0.29, 0.717) is 30.4 Å². The van der Waals surface area contributed by atoms with Gasteiger partial charge in [0.15, 0.2) is 0 Å². The maximum Gasteiger partial charge on any atom is 0.252 e. The third kappa shape index (κ3) is 3.57. The van der Waals surface area contributed by atoms with Crippen LogP contribution in [0.25, 0.3) is 0 Å². The van der Waals surface area contributed by atoms with E-state index in [1.807, 2.05) is 19.9 Å². The molecule has 0 amide bonds. The zero-order valence-corrected chi connectivity index (χ0v) is 16.1. The summed E-state index contributed by atoms with van der Waals surface area (Å²) in [6.45, 7) is 5.97. The minimum absolute atomic E-state index is 0.381. The Hall–Kier alpha value is -1.03. The predicted octanol–water partition coefficient (Wildman–Crippen LogP) is 2.43. The van der Waals surface area contributed by atoms with E-state index in [1.165, 1.54) is 11.3 Å².